The van der Waals surface area contributed by atoms with Crippen molar-refractivity contribution < 1.29 is 14.4 Å². The molecule has 6 heteroatoms. The number of piperazine rings is 1. The first-order valence-electron chi connectivity index (χ1n) is 9.92. The van der Waals surface area contributed by atoms with Crippen molar-refractivity contribution in [2.24, 2.45) is 0 Å². The largest absolute Gasteiger partial charge is 0.385 e. The second-order valence-corrected chi connectivity index (χ2v) is 7.37. The number of carbonyl (C=O) groups excluding carboxylic acids is 1. The van der Waals surface area contributed by atoms with E-state index in [-0.39, 0.29) is 11.7 Å². The molecule has 1 aromatic heterocycles. The Hall–Kier alpha value is -2.96. The van der Waals surface area contributed by atoms with Gasteiger partial charge in [0.1, 0.15) is 17.4 Å². The quantitative estimate of drug-likeness (QED) is 0.722. The Morgan fingerprint density at radius 3 is 2.28 bits per heavy atom. The zero-order chi connectivity index (χ0) is 20.2. The number of nitrogens with zero attached hydrogens (tertiary/aromatic N) is 3. The van der Waals surface area contributed by atoms with Crippen LogP contribution in [-0.2, 0) is 6.54 Å². The van der Waals surface area contributed by atoms with Crippen LogP contribution in [0.25, 0.3) is 11.3 Å². The number of amides is 1. The van der Waals surface area contributed by atoms with Crippen LogP contribution in [0.15, 0.2) is 65.2 Å². The van der Waals surface area contributed by atoms with E-state index in [1.54, 1.807) is 6.92 Å². The summed E-state index contributed by atoms with van der Waals surface area (Å²) < 4.78 is 5.37. The molecule has 1 aliphatic heterocycles. The molecular formula is C23H25N3O3. The minimum absolute atomic E-state index is 0.139. The summed E-state index contributed by atoms with van der Waals surface area (Å²) in [5.41, 5.74) is 2.92. The predicted molar refractivity (Wildman–Crippen MR) is 110 cm³/mol. The first kappa shape index (κ1) is 19.4. The molecule has 6 nitrogen and oxygen atoms in total. The van der Waals surface area contributed by atoms with Gasteiger partial charge < -0.3 is 14.5 Å². The Bertz CT molecular complexity index is 946. The van der Waals surface area contributed by atoms with Crippen molar-refractivity contribution in [3.63, 3.8) is 0 Å². The molecule has 0 spiro atoms. The molecule has 1 N–H and O–H groups in total. The van der Waals surface area contributed by atoms with Crippen LogP contribution in [0.1, 0.15) is 34.7 Å². The minimum Gasteiger partial charge on any atom is -0.385 e. The molecule has 1 amide bonds. The summed E-state index contributed by atoms with van der Waals surface area (Å²) >= 11 is 0. The normalized spacial score (nSPS) is 16.0. The lowest BCUT2D eigenvalue weighted by atomic mass is 10.0. The van der Waals surface area contributed by atoms with Crippen LogP contribution < -0.4 is 0 Å². The number of carbonyl (C=O) groups is 1. The maximum atomic E-state index is 13.3. The Labute approximate surface area is 170 Å². The second-order valence-electron chi connectivity index (χ2n) is 7.37. The highest BCUT2D eigenvalue weighted by Gasteiger charge is 2.31. The van der Waals surface area contributed by atoms with Gasteiger partial charge in [0, 0.05) is 38.3 Å². The number of aliphatic hydroxyl groups is 1. The third-order valence-electron chi connectivity index (χ3n) is 5.27. The lowest BCUT2D eigenvalue weighted by Gasteiger charge is -2.34. The Morgan fingerprint density at radius 2 is 1.66 bits per heavy atom. The van der Waals surface area contributed by atoms with Gasteiger partial charge in [-0.3, -0.25) is 9.69 Å². The van der Waals surface area contributed by atoms with Crippen molar-refractivity contribution in [3.05, 3.63) is 77.6 Å². The van der Waals surface area contributed by atoms with Crippen molar-refractivity contribution in [3.8, 4) is 11.3 Å². The molecule has 3 aromatic rings. The van der Waals surface area contributed by atoms with Crippen LogP contribution >= 0.6 is 0 Å². The van der Waals surface area contributed by atoms with Gasteiger partial charge in [0.15, 0.2) is 5.76 Å². The Morgan fingerprint density at radius 1 is 1.03 bits per heavy atom. The molecular weight excluding hydrogens is 366 g/mol. The molecule has 2 heterocycles. The van der Waals surface area contributed by atoms with Crippen LogP contribution in [0.5, 0.6) is 0 Å². The zero-order valence-corrected chi connectivity index (χ0v) is 16.5. The molecule has 0 aliphatic carbocycles. The highest BCUT2D eigenvalue weighted by molar-refractivity contribution is 6.01. The average molecular weight is 391 g/mol. The number of hydrogen-bond acceptors (Lipinski definition) is 5. The Balaban J connectivity index is 1.51. The molecule has 1 atom stereocenters. The number of hydrogen-bond donors (Lipinski definition) is 1. The van der Waals surface area contributed by atoms with E-state index >= 15 is 0 Å². The highest BCUT2D eigenvalue weighted by Crippen LogP contribution is 2.30. The van der Waals surface area contributed by atoms with E-state index in [4.69, 9.17) is 4.52 Å². The fourth-order valence-corrected chi connectivity index (χ4v) is 3.70. The van der Waals surface area contributed by atoms with Gasteiger partial charge >= 0.3 is 0 Å². The maximum absolute atomic E-state index is 13.3. The standard InChI is InChI=1S/C23H25N3O3/c1-17(27)22-20(21(24-29-22)19-10-6-3-7-11-19)23(28)26-14-12-25(13-15-26)16-18-8-4-2-5-9-18/h2-11,17,27H,12-16H2,1H3. The van der Waals surface area contributed by atoms with Crippen molar-refractivity contribution in [2.75, 3.05) is 26.2 Å². The van der Waals surface area contributed by atoms with Gasteiger partial charge in [-0.25, -0.2) is 0 Å². The van der Waals surface area contributed by atoms with Gasteiger partial charge in [-0.15, -0.1) is 0 Å². The van der Waals surface area contributed by atoms with E-state index in [2.05, 4.69) is 22.2 Å². The molecule has 1 aliphatic rings. The summed E-state index contributed by atoms with van der Waals surface area (Å²) in [5.74, 6) is 0.0842. The van der Waals surface area contributed by atoms with Crippen molar-refractivity contribution in [1.82, 2.24) is 15.0 Å². The van der Waals surface area contributed by atoms with Gasteiger partial charge in [0.2, 0.25) is 0 Å². The molecule has 2 aromatic carbocycles. The highest BCUT2D eigenvalue weighted by atomic mass is 16.5. The fourth-order valence-electron chi connectivity index (χ4n) is 3.70. The van der Waals surface area contributed by atoms with Crippen LogP contribution in [0.3, 0.4) is 0 Å². The van der Waals surface area contributed by atoms with Gasteiger partial charge in [-0.05, 0) is 12.5 Å². The summed E-state index contributed by atoms with van der Waals surface area (Å²) in [6.45, 7) is 5.33. The summed E-state index contributed by atoms with van der Waals surface area (Å²) in [7, 11) is 0. The van der Waals surface area contributed by atoms with E-state index in [9.17, 15) is 9.90 Å². The number of aliphatic hydroxyl groups excluding tert-OH is 1. The van der Waals surface area contributed by atoms with E-state index < -0.39 is 6.10 Å². The minimum atomic E-state index is -0.904. The number of benzene rings is 2. The van der Waals surface area contributed by atoms with Gasteiger partial charge in [0.05, 0.1) is 0 Å². The monoisotopic (exact) mass is 391 g/mol. The molecule has 0 bridgehead atoms. The predicted octanol–water partition coefficient (Wildman–Crippen LogP) is 3.35. The molecule has 150 valence electrons. The number of rotatable bonds is 5. The first-order valence-corrected chi connectivity index (χ1v) is 9.92. The van der Waals surface area contributed by atoms with E-state index in [0.717, 1.165) is 25.2 Å². The van der Waals surface area contributed by atoms with Crippen LogP contribution in [0, 0.1) is 0 Å². The summed E-state index contributed by atoms with van der Waals surface area (Å²) in [4.78, 5) is 17.5. The van der Waals surface area contributed by atoms with Crippen molar-refractivity contribution in [2.45, 2.75) is 19.6 Å². The number of aromatic nitrogens is 1. The molecule has 0 saturated carbocycles. The SMILES string of the molecule is CC(O)c1onc(-c2ccccc2)c1C(=O)N1CCN(Cc2ccccc2)CC1. The third-order valence-corrected chi connectivity index (χ3v) is 5.27. The fraction of sp³-hybridized carbons (Fsp3) is 0.304. The van der Waals surface area contributed by atoms with Crippen LogP contribution in [-0.4, -0.2) is 52.1 Å². The van der Waals surface area contributed by atoms with Crippen molar-refractivity contribution >= 4 is 5.91 Å². The van der Waals surface area contributed by atoms with Gasteiger partial charge in [0.25, 0.3) is 5.91 Å². The smallest absolute Gasteiger partial charge is 0.259 e. The van der Waals surface area contributed by atoms with E-state index in [1.807, 2.05) is 53.4 Å². The summed E-state index contributed by atoms with van der Waals surface area (Å²) in [5, 5.41) is 14.2. The van der Waals surface area contributed by atoms with Crippen LogP contribution in [0.2, 0.25) is 0 Å². The lowest BCUT2D eigenvalue weighted by molar-refractivity contribution is 0.0619. The van der Waals surface area contributed by atoms with Gasteiger partial charge in [-0.2, -0.15) is 0 Å². The van der Waals surface area contributed by atoms with E-state index in [1.165, 1.54) is 5.56 Å². The van der Waals surface area contributed by atoms with Crippen LogP contribution in [0.4, 0.5) is 0 Å². The Kier molecular flexibility index (Phi) is 5.74. The lowest BCUT2D eigenvalue weighted by Crippen LogP contribution is -2.48. The molecule has 1 saturated heterocycles. The summed E-state index contributed by atoms with van der Waals surface area (Å²) in [6, 6.07) is 19.8. The van der Waals surface area contributed by atoms with E-state index in [0.29, 0.717) is 24.3 Å². The molecule has 29 heavy (non-hydrogen) atoms. The molecule has 1 unspecified atom stereocenters. The second kappa shape index (κ2) is 8.59. The first-order chi connectivity index (χ1) is 14.1. The summed E-state index contributed by atoms with van der Waals surface area (Å²) in [6.07, 6.45) is -0.904. The average Bonchev–Trinajstić information content (AvgIpc) is 3.21. The molecule has 1 fully saturated rings. The maximum Gasteiger partial charge on any atom is 0.259 e. The molecule has 4 rings (SSSR count). The van der Waals surface area contributed by atoms with Crippen molar-refractivity contribution in [1.29, 1.82) is 0 Å². The third kappa shape index (κ3) is 4.23. The molecule has 0 radical (unpaired) electrons. The topological polar surface area (TPSA) is 69.8 Å². The zero-order valence-electron chi connectivity index (χ0n) is 16.5. The van der Waals surface area contributed by atoms with Gasteiger partial charge in [-0.1, -0.05) is 65.8 Å².